The van der Waals surface area contributed by atoms with Crippen LogP contribution in [-0.2, 0) is 4.79 Å². The van der Waals surface area contributed by atoms with Gasteiger partial charge in [-0.25, -0.2) is 4.79 Å². The summed E-state index contributed by atoms with van der Waals surface area (Å²) in [5.41, 5.74) is 0.627. The van der Waals surface area contributed by atoms with Crippen molar-refractivity contribution in [1.29, 1.82) is 0 Å². The lowest BCUT2D eigenvalue weighted by atomic mass is 10.2. The molecule has 2 fully saturated rings. The van der Waals surface area contributed by atoms with Gasteiger partial charge in [-0.2, -0.15) is 8.78 Å². The second-order valence-electron chi connectivity index (χ2n) is 6.89. The molecule has 3 amide bonds. The van der Waals surface area contributed by atoms with Crippen LogP contribution in [0, 0.1) is 0 Å². The molecule has 1 unspecified atom stereocenters. The molecule has 2 aliphatic heterocycles. The molecule has 0 spiro atoms. The van der Waals surface area contributed by atoms with Crippen LogP contribution < -0.4 is 25.6 Å². The number of amides is 3. The zero-order valence-corrected chi connectivity index (χ0v) is 16.7. The Balaban J connectivity index is 1.57. The number of carbonyl (C=O) groups excluding carboxylic acids is 2. The maximum Gasteiger partial charge on any atom is 0.387 e. The number of urea groups is 1. The standard InChI is InChI=1S/C19H26F2N6O3/c1-2-22-18(23-8-10-27-16(28)11-24-19(27)29)25-13-7-9-26(12-13)14-5-3-4-6-15(14)30-17(20)21/h3-6,13,17H,2,7-12H2,1H3,(H,24,29)(H2,22,23,25). The number of anilines is 1. The van der Waals surface area contributed by atoms with Gasteiger partial charge in [0.05, 0.1) is 25.3 Å². The van der Waals surface area contributed by atoms with E-state index >= 15 is 0 Å². The van der Waals surface area contributed by atoms with Gasteiger partial charge in [-0.05, 0) is 25.5 Å². The molecule has 2 aliphatic rings. The fourth-order valence-electron chi connectivity index (χ4n) is 3.47. The van der Waals surface area contributed by atoms with Gasteiger partial charge in [0.15, 0.2) is 5.96 Å². The Hall–Kier alpha value is -3.11. The van der Waals surface area contributed by atoms with Gasteiger partial charge in [-0.15, -0.1) is 0 Å². The van der Waals surface area contributed by atoms with Crippen LogP contribution in [-0.4, -0.2) is 74.7 Å². The Morgan fingerprint density at radius 1 is 1.37 bits per heavy atom. The van der Waals surface area contributed by atoms with Crippen LogP contribution in [0.25, 0.3) is 0 Å². The third-order valence-corrected chi connectivity index (χ3v) is 4.83. The summed E-state index contributed by atoms with van der Waals surface area (Å²) in [6, 6.07) is 6.40. The summed E-state index contributed by atoms with van der Waals surface area (Å²) >= 11 is 0. The molecule has 0 bridgehead atoms. The van der Waals surface area contributed by atoms with Gasteiger partial charge in [-0.1, -0.05) is 12.1 Å². The van der Waals surface area contributed by atoms with Gasteiger partial charge in [-0.3, -0.25) is 14.7 Å². The highest BCUT2D eigenvalue weighted by Gasteiger charge is 2.28. The average molecular weight is 424 g/mol. The zero-order chi connectivity index (χ0) is 21.5. The molecular formula is C19H26F2N6O3. The molecule has 0 radical (unpaired) electrons. The highest BCUT2D eigenvalue weighted by Crippen LogP contribution is 2.31. The molecule has 0 aliphatic carbocycles. The number of halogens is 2. The minimum atomic E-state index is -2.88. The first kappa shape index (κ1) is 21.6. The number of guanidine groups is 1. The average Bonchev–Trinajstić information content (AvgIpc) is 3.29. The van der Waals surface area contributed by atoms with Crippen LogP contribution >= 0.6 is 0 Å². The lowest BCUT2D eigenvalue weighted by molar-refractivity contribution is -0.124. The number of benzene rings is 1. The van der Waals surface area contributed by atoms with Crippen molar-refractivity contribution < 1.29 is 23.1 Å². The number of nitrogens with one attached hydrogen (secondary N) is 3. The number of alkyl halides is 2. The number of ether oxygens (including phenoxy) is 1. The number of nitrogens with zero attached hydrogens (tertiary/aromatic N) is 3. The first-order valence-electron chi connectivity index (χ1n) is 9.89. The summed E-state index contributed by atoms with van der Waals surface area (Å²) in [5, 5.41) is 8.94. The smallest absolute Gasteiger partial charge is 0.387 e. The van der Waals surface area contributed by atoms with Crippen molar-refractivity contribution in [2.75, 3.05) is 44.2 Å². The first-order chi connectivity index (χ1) is 14.5. The largest absolute Gasteiger partial charge is 0.433 e. The predicted octanol–water partition coefficient (Wildman–Crippen LogP) is 0.974. The van der Waals surface area contributed by atoms with E-state index in [-0.39, 0.29) is 37.3 Å². The van der Waals surface area contributed by atoms with Crippen molar-refractivity contribution in [2.24, 2.45) is 4.99 Å². The molecule has 2 heterocycles. The van der Waals surface area contributed by atoms with Gasteiger partial charge >= 0.3 is 12.6 Å². The van der Waals surface area contributed by atoms with Gasteiger partial charge in [0.25, 0.3) is 0 Å². The zero-order valence-electron chi connectivity index (χ0n) is 16.7. The predicted molar refractivity (Wildman–Crippen MR) is 108 cm³/mol. The van der Waals surface area contributed by atoms with Crippen LogP contribution in [0.5, 0.6) is 5.75 Å². The number of aliphatic imine (C=N–C) groups is 1. The van der Waals surface area contributed by atoms with Gasteiger partial charge in [0, 0.05) is 25.7 Å². The van der Waals surface area contributed by atoms with Gasteiger partial charge < -0.3 is 25.6 Å². The number of imide groups is 1. The van der Waals surface area contributed by atoms with Crippen molar-refractivity contribution in [3.8, 4) is 5.75 Å². The summed E-state index contributed by atoms with van der Waals surface area (Å²) in [5.74, 6) is 0.472. The van der Waals surface area contributed by atoms with Crippen molar-refractivity contribution in [2.45, 2.75) is 26.0 Å². The topological polar surface area (TPSA) is 98.3 Å². The van der Waals surface area contributed by atoms with Crippen LogP contribution in [0.2, 0.25) is 0 Å². The molecule has 9 nitrogen and oxygen atoms in total. The second-order valence-corrected chi connectivity index (χ2v) is 6.89. The van der Waals surface area contributed by atoms with E-state index in [4.69, 9.17) is 0 Å². The molecular weight excluding hydrogens is 398 g/mol. The van der Waals surface area contributed by atoms with E-state index in [1.165, 1.54) is 6.07 Å². The summed E-state index contributed by atoms with van der Waals surface area (Å²) in [7, 11) is 0. The Bertz CT molecular complexity index is 775. The van der Waals surface area contributed by atoms with Crippen LogP contribution in [0.3, 0.4) is 0 Å². The molecule has 2 saturated heterocycles. The summed E-state index contributed by atoms with van der Waals surface area (Å²) in [4.78, 5) is 30.8. The number of hydrogen-bond donors (Lipinski definition) is 3. The van der Waals surface area contributed by atoms with E-state index in [1.807, 2.05) is 11.8 Å². The van der Waals surface area contributed by atoms with Crippen molar-refractivity contribution in [1.82, 2.24) is 20.9 Å². The summed E-state index contributed by atoms with van der Waals surface area (Å²) < 4.78 is 30.0. The molecule has 164 valence electrons. The van der Waals surface area contributed by atoms with Gasteiger partial charge in [0.2, 0.25) is 5.91 Å². The lowest BCUT2D eigenvalue weighted by Crippen LogP contribution is -2.45. The maximum atomic E-state index is 12.7. The molecule has 11 heteroatoms. The summed E-state index contributed by atoms with van der Waals surface area (Å²) in [6.45, 7) is 1.50. The fraction of sp³-hybridized carbons (Fsp3) is 0.526. The van der Waals surface area contributed by atoms with Crippen molar-refractivity contribution in [3.63, 3.8) is 0 Å². The van der Waals surface area contributed by atoms with E-state index in [0.29, 0.717) is 31.3 Å². The van der Waals surface area contributed by atoms with E-state index in [1.54, 1.807) is 18.2 Å². The highest BCUT2D eigenvalue weighted by atomic mass is 19.3. The third-order valence-electron chi connectivity index (χ3n) is 4.83. The normalized spacial score (nSPS) is 19.5. The molecule has 0 aromatic heterocycles. The van der Waals surface area contributed by atoms with Crippen molar-refractivity contribution >= 4 is 23.6 Å². The second kappa shape index (κ2) is 10.1. The maximum absolute atomic E-state index is 12.7. The van der Waals surface area contributed by atoms with Crippen LogP contribution in [0.15, 0.2) is 29.3 Å². The lowest BCUT2D eigenvalue weighted by Gasteiger charge is -2.22. The number of carbonyl (C=O) groups is 2. The first-order valence-corrected chi connectivity index (χ1v) is 9.89. The number of para-hydroxylation sites is 2. The van der Waals surface area contributed by atoms with Gasteiger partial charge in [0.1, 0.15) is 5.75 Å². The van der Waals surface area contributed by atoms with Crippen LogP contribution in [0.1, 0.15) is 13.3 Å². The Morgan fingerprint density at radius 3 is 2.87 bits per heavy atom. The Morgan fingerprint density at radius 2 is 2.17 bits per heavy atom. The quantitative estimate of drug-likeness (QED) is 0.327. The molecule has 30 heavy (non-hydrogen) atoms. The van der Waals surface area contributed by atoms with E-state index in [2.05, 4.69) is 25.7 Å². The molecule has 0 saturated carbocycles. The Kier molecular flexibility index (Phi) is 7.26. The Labute approximate surface area is 173 Å². The van der Waals surface area contributed by atoms with Crippen molar-refractivity contribution in [3.05, 3.63) is 24.3 Å². The molecule has 1 atom stereocenters. The van der Waals surface area contributed by atoms with E-state index < -0.39 is 12.6 Å². The van der Waals surface area contributed by atoms with E-state index in [0.717, 1.165) is 11.3 Å². The monoisotopic (exact) mass is 424 g/mol. The van der Waals surface area contributed by atoms with E-state index in [9.17, 15) is 18.4 Å². The number of rotatable bonds is 8. The summed E-state index contributed by atoms with van der Waals surface area (Å²) in [6.07, 6.45) is 0.792. The molecule has 1 aromatic carbocycles. The molecule has 3 rings (SSSR count). The fourth-order valence-corrected chi connectivity index (χ4v) is 3.47. The molecule has 3 N–H and O–H groups in total. The SMILES string of the molecule is CCNC(=NCCN1C(=O)CNC1=O)NC1CCN(c2ccccc2OC(F)F)C1. The molecule has 1 aromatic rings. The number of hydrogen-bond acceptors (Lipinski definition) is 5. The minimum absolute atomic E-state index is 0.0233. The minimum Gasteiger partial charge on any atom is -0.433 e. The highest BCUT2D eigenvalue weighted by molar-refractivity contribution is 6.01. The van der Waals surface area contributed by atoms with Crippen LogP contribution in [0.4, 0.5) is 19.3 Å². The third kappa shape index (κ3) is 5.49.